The third kappa shape index (κ3) is 7.22. The maximum atomic E-state index is 4.89. The van der Waals surface area contributed by atoms with E-state index in [0.29, 0.717) is 10.3 Å². The second kappa shape index (κ2) is 11.3. The van der Waals surface area contributed by atoms with Crippen LogP contribution in [0.25, 0.3) is 21.5 Å². The number of hydrogen-bond acceptors (Lipinski definition) is 0. The summed E-state index contributed by atoms with van der Waals surface area (Å²) in [6.45, 7) is 14.3. The third-order valence-electron chi connectivity index (χ3n) is 4.75. The molecule has 4 heteroatoms. The molecule has 0 unspecified atom stereocenters. The molecule has 0 heterocycles. The zero-order valence-corrected chi connectivity index (χ0v) is 22.7. The van der Waals surface area contributed by atoms with Gasteiger partial charge in [0.15, 0.2) is 0 Å². The van der Waals surface area contributed by atoms with Gasteiger partial charge in [-0.15, -0.1) is 70.0 Å². The number of benzene rings is 2. The SMILES string of the molecule is CC(C)(C)P(c1cc2ccccc2[cH-]1)C(C)(C)C.[Cl][Ti][Cl].c1ccc2[cH-]ccc2c1. The number of halogens is 2. The molecule has 0 bridgehead atoms. The van der Waals surface area contributed by atoms with E-state index < -0.39 is 17.0 Å². The summed E-state index contributed by atoms with van der Waals surface area (Å²) in [5.74, 6) is 0. The quantitative estimate of drug-likeness (QED) is 0.141. The summed E-state index contributed by atoms with van der Waals surface area (Å²) >= 11 is -0.556. The molecule has 0 aliphatic rings. The average Bonchev–Trinajstić information content (AvgIpc) is 3.26. The first-order valence-electron chi connectivity index (χ1n) is 10.1. The van der Waals surface area contributed by atoms with E-state index in [1.807, 2.05) is 0 Å². The summed E-state index contributed by atoms with van der Waals surface area (Å²) in [7, 11) is 9.59. The molecule has 4 rings (SSSR count). The third-order valence-corrected chi connectivity index (χ3v) is 8.21. The van der Waals surface area contributed by atoms with Crippen molar-refractivity contribution in [2.75, 3.05) is 0 Å². The van der Waals surface area contributed by atoms with Gasteiger partial charge in [-0.25, -0.2) is 0 Å². The molecule has 0 nitrogen and oxygen atoms in total. The Morgan fingerprint density at radius 1 is 0.733 bits per heavy atom. The van der Waals surface area contributed by atoms with Crippen LogP contribution in [0.15, 0.2) is 78.9 Å². The first-order valence-corrected chi connectivity index (χ1v) is 15.7. The summed E-state index contributed by atoms with van der Waals surface area (Å²) in [5.41, 5.74) is 0. The smallest absolute Gasteiger partial charge is 0.0809 e. The van der Waals surface area contributed by atoms with E-state index in [1.54, 1.807) is 5.30 Å². The van der Waals surface area contributed by atoms with E-state index in [9.17, 15) is 0 Å². The average molecular weight is 493 g/mol. The van der Waals surface area contributed by atoms with Crippen LogP contribution in [0.5, 0.6) is 0 Å². The molecule has 0 N–H and O–H groups in total. The van der Waals surface area contributed by atoms with Crippen LogP contribution in [0.3, 0.4) is 0 Å². The molecule has 0 saturated carbocycles. The predicted octanol–water partition coefficient (Wildman–Crippen LogP) is 9.20. The minimum absolute atomic E-state index is 0.185. The minimum atomic E-state index is -0.556. The predicted molar refractivity (Wildman–Crippen MR) is 137 cm³/mol. The van der Waals surface area contributed by atoms with Crippen LogP contribution in [-0.2, 0) is 17.0 Å². The van der Waals surface area contributed by atoms with Gasteiger partial charge in [-0.05, 0) is 10.3 Å². The zero-order valence-electron chi connectivity index (χ0n) is 18.7. The maximum absolute atomic E-state index is 4.89. The van der Waals surface area contributed by atoms with Gasteiger partial charge in [0, 0.05) is 0 Å². The van der Waals surface area contributed by atoms with Crippen LogP contribution < -0.4 is 5.30 Å². The van der Waals surface area contributed by atoms with Gasteiger partial charge >= 0.3 is 35.6 Å². The van der Waals surface area contributed by atoms with E-state index in [-0.39, 0.29) is 7.92 Å². The Kier molecular flexibility index (Phi) is 9.67. The minimum Gasteiger partial charge on any atom is -0.168 e. The van der Waals surface area contributed by atoms with Crippen molar-refractivity contribution in [1.29, 1.82) is 0 Å². The van der Waals surface area contributed by atoms with Gasteiger partial charge in [0.2, 0.25) is 0 Å². The monoisotopic (exact) mass is 492 g/mol. The summed E-state index contributed by atoms with van der Waals surface area (Å²) < 4.78 is 0. The normalized spacial score (nSPS) is 11.6. The fourth-order valence-corrected chi connectivity index (χ4v) is 8.21. The molecule has 0 atom stereocenters. The van der Waals surface area contributed by atoms with Gasteiger partial charge in [0.1, 0.15) is 0 Å². The molecular formula is C26H31Cl2PTi-2. The van der Waals surface area contributed by atoms with Gasteiger partial charge < -0.3 is 0 Å². The summed E-state index contributed by atoms with van der Waals surface area (Å²) in [4.78, 5) is 0. The van der Waals surface area contributed by atoms with Gasteiger partial charge in [-0.1, -0.05) is 61.6 Å². The Labute approximate surface area is 200 Å². The first kappa shape index (κ1) is 25.6. The zero-order chi connectivity index (χ0) is 22.4. The largest absolute Gasteiger partial charge is 0.168 e. The molecule has 30 heavy (non-hydrogen) atoms. The van der Waals surface area contributed by atoms with Crippen molar-refractivity contribution in [2.45, 2.75) is 51.9 Å². The van der Waals surface area contributed by atoms with Crippen LogP contribution in [0.2, 0.25) is 0 Å². The fraction of sp³-hybridized carbons (Fsp3) is 0.308. The molecule has 0 amide bonds. The standard InChI is InChI=1S/C17H24P.C9H7.2ClH.Ti/c1-16(2,3)18(17(4,5)6)15-11-13-9-7-8-10-14(13)12-15;1-2-5-9-7-3-6-8(9)4-1;;;/h7-12H,1-6H3;1-7H;2*1H;/q2*-1;;;+2/p-2. The molecule has 0 fully saturated rings. The van der Waals surface area contributed by atoms with E-state index in [1.165, 1.54) is 21.5 Å². The first-order chi connectivity index (χ1) is 14.1. The van der Waals surface area contributed by atoms with Crippen molar-refractivity contribution in [3.63, 3.8) is 0 Å². The van der Waals surface area contributed by atoms with Crippen LogP contribution in [0, 0.1) is 0 Å². The molecular weight excluding hydrogens is 462 g/mol. The van der Waals surface area contributed by atoms with Crippen molar-refractivity contribution in [3.8, 4) is 0 Å². The second-order valence-electron chi connectivity index (χ2n) is 9.25. The van der Waals surface area contributed by atoms with E-state index in [0.717, 1.165) is 0 Å². The van der Waals surface area contributed by atoms with E-state index in [4.69, 9.17) is 18.6 Å². The molecule has 0 radical (unpaired) electrons. The second-order valence-corrected chi connectivity index (χ2v) is 15.7. The van der Waals surface area contributed by atoms with Crippen LogP contribution in [0.1, 0.15) is 41.5 Å². The molecule has 4 aromatic carbocycles. The van der Waals surface area contributed by atoms with Crippen molar-refractivity contribution >= 4 is 53.4 Å². The summed E-state index contributed by atoms with van der Waals surface area (Å²) in [6, 6.07) is 28.2. The number of fused-ring (bicyclic) bond motifs is 2. The molecule has 0 aliphatic carbocycles. The molecule has 0 saturated heterocycles. The topological polar surface area (TPSA) is 0 Å². The maximum Gasteiger partial charge on any atom is -0.0809 e. The summed E-state index contributed by atoms with van der Waals surface area (Å²) in [5, 5.41) is 7.67. The van der Waals surface area contributed by atoms with Crippen LogP contribution in [-0.4, -0.2) is 10.3 Å². The molecule has 4 aromatic rings. The fourth-order valence-electron chi connectivity index (χ4n) is 4.11. The van der Waals surface area contributed by atoms with Gasteiger partial charge in [0.05, 0.1) is 0 Å². The van der Waals surface area contributed by atoms with Crippen molar-refractivity contribution in [3.05, 3.63) is 78.9 Å². The van der Waals surface area contributed by atoms with Crippen LogP contribution in [0.4, 0.5) is 0 Å². The Bertz CT molecular complexity index is 957. The number of hydrogen-bond donors (Lipinski definition) is 0. The molecule has 0 aromatic heterocycles. The Balaban J connectivity index is 0.000000220. The van der Waals surface area contributed by atoms with Crippen molar-refractivity contribution in [2.24, 2.45) is 0 Å². The van der Waals surface area contributed by atoms with Crippen LogP contribution >= 0.6 is 26.5 Å². The van der Waals surface area contributed by atoms with Gasteiger partial charge in [-0.3, -0.25) is 0 Å². The van der Waals surface area contributed by atoms with Crippen molar-refractivity contribution < 1.29 is 17.0 Å². The summed E-state index contributed by atoms with van der Waals surface area (Å²) in [6.07, 6.45) is 0. The number of rotatable bonds is 1. The van der Waals surface area contributed by atoms with Gasteiger partial charge in [-0.2, -0.15) is 23.6 Å². The van der Waals surface area contributed by atoms with E-state index in [2.05, 4.69) is 120 Å². The van der Waals surface area contributed by atoms with Crippen molar-refractivity contribution in [1.82, 2.24) is 0 Å². The van der Waals surface area contributed by atoms with Gasteiger partial charge in [0.25, 0.3) is 0 Å². The van der Waals surface area contributed by atoms with E-state index >= 15 is 0 Å². The molecule has 0 spiro atoms. The Morgan fingerprint density at radius 3 is 1.73 bits per heavy atom. The Morgan fingerprint density at radius 2 is 1.23 bits per heavy atom. The molecule has 160 valence electrons. The Hall–Kier alpha value is -0.616. The molecule has 0 aliphatic heterocycles.